The quantitative estimate of drug-likeness (QED) is 0.115. The molecular weight excluding hydrogens is 935 g/mol. The number of halogens is 2. The van der Waals surface area contributed by atoms with Crippen molar-refractivity contribution in [2.45, 2.75) is 121 Å². The van der Waals surface area contributed by atoms with Crippen LogP contribution >= 0.6 is 17.0 Å². The van der Waals surface area contributed by atoms with Crippen molar-refractivity contribution >= 4 is 58.5 Å². The average molecular weight is 1000 g/mol. The van der Waals surface area contributed by atoms with Gasteiger partial charge in [0.25, 0.3) is 0 Å². The molecule has 0 nitrogen and oxygen atoms in total. The van der Waals surface area contributed by atoms with Gasteiger partial charge in [-0.2, -0.15) is 41.6 Å². The Labute approximate surface area is 419 Å². The van der Waals surface area contributed by atoms with Crippen LogP contribution in [0.1, 0.15) is 114 Å². The van der Waals surface area contributed by atoms with Gasteiger partial charge in [-0.3, -0.25) is 0 Å². The zero-order valence-corrected chi connectivity index (χ0v) is 46.9. The van der Waals surface area contributed by atoms with E-state index in [4.69, 9.17) is 17.0 Å². The zero-order valence-electron chi connectivity index (χ0n) is 41.9. The first kappa shape index (κ1) is 51.6. The fraction of sp³-hybridized carbons (Fsp3) is 0.323. The Balaban J connectivity index is 0.000000166. The fourth-order valence-corrected chi connectivity index (χ4v) is 11.0. The Bertz CT molecular complexity index is 2670. The van der Waals surface area contributed by atoms with Gasteiger partial charge in [-0.05, 0) is 74.3 Å². The number of rotatable bonds is 6. The van der Waals surface area contributed by atoms with Crippen LogP contribution < -0.4 is 10.4 Å². The molecule has 2 radical (unpaired) electrons. The summed E-state index contributed by atoms with van der Waals surface area (Å²) in [6.45, 7) is 31.9. The van der Waals surface area contributed by atoms with Crippen molar-refractivity contribution in [3.8, 4) is 33.4 Å². The van der Waals surface area contributed by atoms with Crippen LogP contribution in [0.3, 0.4) is 0 Å². The molecule has 1 aliphatic heterocycles. The Morgan fingerprint density at radius 3 is 1.36 bits per heavy atom. The Hall–Kier alpha value is -3.78. The molecule has 0 atom stereocenters. The summed E-state index contributed by atoms with van der Waals surface area (Å²) in [5, 5.41) is 8.39. The molecule has 0 aromatic heterocycles. The second-order valence-electron chi connectivity index (χ2n) is 21.4. The number of hydrogen-bond acceptors (Lipinski definition) is 0. The molecule has 0 unspecified atom stereocenters. The topological polar surface area (TPSA) is 0 Å². The molecule has 4 heteroatoms. The van der Waals surface area contributed by atoms with Gasteiger partial charge < -0.3 is 0 Å². The summed E-state index contributed by atoms with van der Waals surface area (Å²) >= 11 is -0.826. The van der Waals surface area contributed by atoms with Crippen LogP contribution in [0.2, 0.25) is 0 Å². The molecule has 0 saturated heterocycles. The molecule has 1 aliphatic rings. The standard InChI is InChI=1S/2C25H31.C12H7Si.2ClH.Zr/c2*1-16(2)10-19-14-20-8-9-23(25(5,6)7)24(22(20)15-19)21-12-17(3)11-18(4)13-21;1-3-7-11-9(5-1)10-6-2-4-8-12(10)13-11;;;/h2*8-9,11-16H,10H2,1-7H3;1-7H;2*1H;/q3*-1;;;+2/p-2. The minimum absolute atomic E-state index is 0.122. The molecule has 0 aliphatic carbocycles. The molecule has 9 rings (SSSR count). The van der Waals surface area contributed by atoms with Crippen molar-refractivity contribution in [1.82, 2.24) is 0 Å². The van der Waals surface area contributed by atoms with Crippen molar-refractivity contribution in [1.29, 1.82) is 0 Å². The first-order valence-electron chi connectivity index (χ1n) is 23.6. The van der Waals surface area contributed by atoms with Gasteiger partial charge in [0.1, 0.15) is 0 Å². The average Bonchev–Trinajstić information content (AvgIpc) is 3.93. The van der Waals surface area contributed by atoms with Crippen LogP contribution in [-0.2, 0) is 44.5 Å². The molecule has 8 aromatic carbocycles. The number of benzene rings is 6. The zero-order chi connectivity index (χ0) is 48.1. The predicted molar refractivity (Wildman–Crippen MR) is 291 cm³/mol. The van der Waals surface area contributed by atoms with Gasteiger partial charge in [0.05, 0.1) is 9.52 Å². The third-order valence-corrected chi connectivity index (χ3v) is 13.5. The minimum Gasteiger partial charge on any atom is -0.184 e. The van der Waals surface area contributed by atoms with Crippen LogP contribution in [0.15, 0.2) is 127 Å². The molecule has 0 saturated carbocycles. The van der Waals surface area contributed by atoms with Crippen LogP contribution in [0.4, 0.5) is 0 Å². The van der Waals surface area contributed by atoms with E-state index in [-0.39, 0.29) is 10.8 Å². The third-order valence-electron chi connectivity index (χ3n) is 12.2. The first-order chi connectivity index (χ1) is 31.2. The maximum absolute atomic E-state index is 4.93. The Morgan fingerprint density at radius 2 is 0.955 bits per heavy atom. The number of hydrogen-bond donors (Lipinski definition) is 0. The van der Waals surface area contributed by atoms with E-state index in [9.17, 15) is 0 Å². The maximum Gasteiger partial charge on any atom is 0.0920 e. The molecule has 0 bridgehead atoms. The van der Waals surface area contributed by atoms with Crippen molar-refractivity contribution in [3.05, 3.63) is 178 Å². The van der Waals surface area contributed by atoms with E-state index in [0.717, 1.165) is 22.4 Å². The van der Waals surface area contributed by atoms with Gasteiger partial charge >= 0.3 is 37.9 Å². The molecule has 0 amide bonds. The molecule has 66 heavy (non-hydrogen) atoms. The third kappa shape index (κ3) is 12.8. The van der Waals surface area contributed by atoms with Crippen LogP contribution in [-0.4, -0.2) is 9.52 Å². The largest absolute Gasteiger partial charge is 0.184 e. The van der Waals surface area contributed by atoms with E-state index in [1.54, 1.807) is 0 Å². The maximum atomic E-state index is 4.93. The smallest absolute Gasteiger partial charge is 0.0920 e. The van der Waals surface area contributed by atoms with Gasteiger partial charge in [0.2, 0.25) is 0 Å². The summed E-state index contributed by atoms with van der Waals surface area (Å²) in [6, 6.07) is 51.0. The van der Waals surface area contributed by atoms with E-state index in [2.05, 4.69) is 224 Å². The van der Waals surface area contributed by atoms with Gasteiger partial charge in [0, 0.05) is 0 Å². The van der Waals surface area contributed by atoms with Gasteiger partial charge in [0.15, 0.2) is 0 Å². The van der Waals surface area contributed by atoms with E-state index in [0.29, 0.717) is 11.8 Å². The normalized spacial score (nSPS) is 12.0. The molecule has 0 spiro atoms. The number of fused-ring (bicyclic) bond motifs is 5. The van der Waals surface area contributed by atoms with Crippen molar-refractivity contribution in [3.63, 3.8) is 0 Å². The van der Waals surface area contributed by atoms with Gasteiger partial charge in [-0.15, -0.1) is 74.6 Å². The van der Waals surface area contributed by atoms with Crippen molar-refractivity contribution < 1.29 is 20.8 Å². The van der Waals surface area contributed by atoms with Gasteiger partial charge in [-0.1, -0.05) is 185 Å². The van der Waals surface area contributed by atoms with Crippen LogP contribution in [0, 0.1) is 45.6 Å². The molecule has 1 heterocycles. The Kier molecular flexibility index (Phi) is 17.3. The summed E-state index contributed by atoms with van der Waals surface area (Å²) in [5.41, 5.74) is 19.7. The first-order valence-corrected chi connectivity index (χ1v) is 31.0. The summed E-state index contributed by atoms with van der Waals surface area (Å²) < 4.78 is 0. The van der Waals surface area contributed by atoms with Crippen LogP contribution in [0.25, 0.3) is 54.9 Å². The van der Waals surface area contributed by atoms with Gasteiger partial charge in [-0.25, -0.2) is 0 Å². The second kappa shape index (κ2) is 22.1. The SMILES string of the molecule is Cc1cc(C)cc(-c2c(C(C)(C)C)ccc3[cH-]c(CC(C)C)cc23)c1.Cc1cc(C)cc(-c2c(C(C)(C)C)ccc3[cH-]c(CC(C)C)cc23)c1.[Cl][Zr][Cl].[c-]1cccc2c1[Si]c1ccccc1-2. The second-order valence-corrected chi connectivity index (χ2v) is 26.4. The molecule has 342 valence electrons. The Morgan fingerprint density at radius 1 is 0.545 bits per heavy atom. The van der Waals surface area contributed by atoms with E-state index < -0.39 is 20.8 Å². The molecule has 0 N–H and O–H groups in total. The fourth-order valence-electron chi connectivity index (χ4n) is 9.70. The van der Waals surface area contributed by atoms with Crippen molar-refractivity contribution in [2.24, 2.45) is 11.8 Å². The summed E-state index contributed by atoms with van der Waals surface area (Å²) in [5.74, 6) is 1.37. The number of aryl methyl sites for hydroxylation is 4. The molecular formula is C62H69Cl2SiZr-3. The summed E-state index contributed by atoms with van der Waals surface area (Å²) in [4.78, 5) is 0. The predicted octanol–water partition coefficient (Wildman–Crippen LogP) is 17.2. The monoisotopic (exact) mass is 1000 g/mol. The van der Waals surface area contributed by atoms with Crippen LogP contribution in [0.5, 0.6) is 0 Å². The molecule has 8 aromatic rings. The van der Waals surface area contributed by atoms with Crippen molar-refractivity contribution in [2.75, 3.05) is 0 Å². The molecule has 0 fully saturated rings. The van der Waals surface area contributed by atoms with E-state index in [1.807, 2.05) is 6.07 Å². The summed E-state index contributed by atoms with van der Waals surface area (Å²) in [7, 11) is 10.7. The van der Waals surface area contributed by atoms with E-state index in [1.165, 1.54) is 110 Å². The minimum atomic E-state index is -0.826. The summed E-state index contributed by atoms with van der Waals surface area (Å²) in [6.07, 6.45) is 2.29. The van der Waals surface area contributed by atoms with E-state index >= 15 is 0 Å².